The van der Waals surface area contributed by atoms with E-state index < -0.39 is 15.1 Å². The Labute approximate surface area is 119 Å². The average Bonchev–Trinajstić information content (AvgIpc) is 2.79. The third-order valence-electron chi connectivity index (χ3n) is 3.72. The van der Waals surface area contributed by atoms with Gasteiger partial charge in [0.05, 0.1) is 5.25 Å². The molecule has 0 heterocycles. The van der Waals surface area contributed by atoms with E-state index in [1.165, 1.54) is 6.26 Å². The van der Waals surface area contributed by atoms with Crippen LogP contribution in [-0.4, -0.2) is 19.9 Å². The Bertz CT molecular complexity index is 759. The molecule has 0 radical (unpaired) electrons. The molecule has 0 saturated heterocycles. The van der Waals surface area contributed by atoms with Gasteiger partial charge in [-0.3, -0.25) is 0 Å². The molecule has 3 heteroatoms. The second kappa shape index (κ2) is 4.91. The maximum atomic E-state index is 12.1. The van der Waals surface area contributed by atoms with Crippen LogP contribution in [0.15, 0.2) is 54.6 Å². The summed E-state index contributed by atoms with van der Waals surface area (Å²) in [4.78, 5) is 0. The van der Waals surface area contributed by atoms with E-state index >= 15 is 0 Å². The molecular formula is C17H16O2S. The summed E-state index contributed by atoms with van der Waals surface area (Å²) >= 11 is 0. The molecule has 0 saturated carbocycles. The first-order valence-electron chi connectivity index (χ1n) is 6.59. The molecule has 0 amide bonds. The summed E-state index contributed by atoms with van der Waals surface area (Å²) in [6, 6.07) is 17.8. The van der Waals surface area contributed by atoms with Gasteiger partial charge in [-0.05, 0) is 34.8 Å². The normalized spacial score (nSPS) is 20.1. The quantitative estimate of drug-likeness (QED) is 0.848. The van der Waals surface area contributed by atoms with Crippen LogP contribution >= 0.6 is 0 Å². The smallest absolute Gasteiger partial charge is 0.154 e. The fourth-order valence-electron chi connectivity index (χ4n) is 2.74. The molecule has 0 fully saturated rings. The maximum Gasteiger partial charge on any atom is 0.154 e. The van der Waals surface area contributed by atoms with Crippen LogP contribution in [0.25, 0.3) is 11.6 Å². The average molecular weight is 284 g/mol. The third kappa shape index (κ3) is 2.41. The highest BCUT2D eigenvalue weighted by Gasteiger charge is 2.33. The molecule has 0 bridgehead atoms. The number of fused-ring (bicyclic) bond motifs is 1. The minimum absolute atomic E-state index is 0.430. The van der Waals surface area contributed by atoms with Gasteiger partial charge < -0.3 is 0 Å². The molecule has 2 nitrogen and oxygen atoms in total. The predicted molar refractivity (Wildman–Crippen MR) is 83.1 cm³/mol. The Kier molecular flexibility index (Phi) is 3.22. The molecule has 20 heavy (non-hydrogen) atoms. The SMILES string of the molecule is CS(=O)(=O)C1Cc2ccccc2C1=Cc1ccccc1. The zero-order chi connectivity index (χ0) is 14.2. The van der Waals surface area contributed by atoms with Gasteiger partial charge in [-0.15, -0.1) is 0 Å². The van der Waals surface area contributed by atoms with Gasteiger partial charge in [-0.2, -0.15) is 0 Å². The van der Waals surface area contributed by atoms with Gasteiger partial charge >= 0.3 is 0 Å². The van der Waals surface area contributed by atoms with E-state index in [2.05, 4.69) is 0 Å². The maximum absolute atomic E-state index is 12.1. The molecule has 2 aromatic rings. The lowest BCUT2D eigenvalue weighted by Crippen LogP contribution is -2.19. The van der Waals surface area contributed by atoms with Crippen molar-refractivity contribution in [1.82, 2.24) is 0 Å². The lowest BCUT2D eigenvalue weighted by Gasteiger charge is -2.10. The lowest BCUT2D eigenvalue weighted by molar-refractivity contribution is 0.596. The van der Waals surface area contributed by atoms with Crippen molar-refractivity contribution in [2.24, 2.45) is 0 Å². The van der Waals surface area contributed by atoms with Crippen molar-refractivity contribution < 1.29 is 8.42 Å². The van der Waals surface area contributed by atoms with Crippen molar-refractivity contribution in [2.45, 2.75) is 11.7 Å². The molecule has 102 valence electrons. The Morgan fingerprint density at radius 1 is 1.00 bits per heavy atom. The summed E-state index contributed by atoms with van der Waals surface area (Å²) in [6.07, 6.45) is 3.90. The first-order chi connectivity index (χ1) is 9.55. The van der Waals surface area contributed by atoms with Gasteiger partial charge in [0.15, 0.2) is 9.84 Å². The number of sulfone groups is 1. The lowest BCUT2D eigenvalue weighted by atomic mass is 10.0. The van der Waals surface area contributed by atoms with E-state index in [4.69, 9.17) is 0 Å². The van der Waals surface area contributed by atoms with Crippen molar-refractivity contribution >= 4 is 21.5 Å². The summed E-state index contributed by atoms with van der Waals surface area (Å²) < 4.78 is 24.1. The van der Waals surface area contributed by atoms with E-state index in [9.17, 15) is 8.42 Å². The van der Waals surface area contributed by atoms with Crippen molar-refractivity contribution in [3.8, 4) is 0 Å². The highest BCUT2D eigenvalue weighted by molar-refractivity contribution is 7.91. The fraction of sp³-hybridized carbons (Fsp3) is 0.176. The standard InChI is InChI=1S/C17H16O2S/c1-20(18,19)17-12-14-9-5-6-10-15(14)16(17)11-13-7-3-2-4-8-13/h2-11,17H,12H2,1H3. The first kappa shape index (κ1) is 13.1. The van der Waals surface area contributed by atoms with Gasteiger partial charge in [-0.1, -0.05) is 54.6 Å². The summed E-state index contributed by atoms with van der Waals surface area (Å²) in [5.74, 6) is 0. The Hall–Kier alpha value is -1.87. The molecule has 1 aliphatic rings. The molecule has 0 aromatic heterocycles. The summed E-state index contributed by atoms with van der Waals surface area (Å²) in [6.45, 7) is 0. The van der Waals surface area contributed by atoms with Gasteiger partial charge in [0.2, 0.25) is 0 Å². The molecule has 0 spiro atoms. The number of benzene rings is 2. The Balaban J connectivity index is 2.16. The van der Waals surface area contributed by atoms with Crippen LogP contribution in [0.1, 0.15) is 16.7 Å². The highest BCUT2D eigenvalue weighted by atomic mass is 32.2. The van der Waals surface area contributed by atoms with E-state index in [-0.39, 0.29) is 0 Å². The zero-order valence-electron chi connectivity index (χ0n) is 11.3. The molecule has 3 rings (SSSR count). The molecule has 0 aliphatic heterocycles. The third-order valence-corrected chi connectivity index (χ3v) is 5.17. The fourth-order valence-corrected chi connectivity index (χ4v) is 3.88. The summed E-state index contributed by atoms with van der Waals surface area (Å²) in [7, 11) is -3.11. The molecule has 2 aromatic carbocycles. The van der Waals surface area contributed by atoms with Crippen LogP contribution in [0.4, 0.5) is 0 Å². The number of hydrogen-bond donors (Lipinski definition) is 0. The van der Waals surface area contributed by atoms with Gasteiger partial charge in [0.25, 0.3) is 0 Å². The molecular weight excluding hydrogens is 268 g/mol. The molecule has 1 atom stereocenters. The van der Waals surface area contributed by atoms with E-state index in [0.29, 0.717) is 6.42 Å². The highest BCUT2D eigenvalue weighted by Crippen LogP contribution is 2.37. The van der Waals surface area contributed by atoms with Gasteiger partial charge in [0.1, 0.15) is 0 Å². The van der Waals surface area contributed by atoms with E-state index in [1.54, 1.807) is 0 Å². The van der Waals surface area contributed by atoms with Crippen molar-refractivity contribution in [3.63, 3.8) is 0 Å². The topological polar surface area (TPSA) is 34.1 Å². The molecule has 1 unspecified atom stereocenters. The Morgan fingerprint density at radius 3 is 2.35 bits per heavy atom. The summed E-state index contributed by atoms with van der Waals surface area (Å²) in [5, 5.41) is -0.430. The number of rotatable bonds is 2. The van der Waals surface area contributed by atoms with E-state index in [1.807, 2.05) is 60.7 Å². The minimum Gasteiger partial charge on any atom is -0.228 e. The second-order valence-electron chi connectivity index (χ2n) is 5.19. The van der Waals surface area contributed by atoms with Crippen LogP contribution in [0.3, 0.4) is 0 Å². The van der Waals surface area contributed by atoms with Crippen LogP contribution < -0.4 is 0 Å². The van der Waals surface area contributed by atoms with Crippen molar-refractivity contribution in [1.29, 1.82) is 0 Å². The largest absolute Gasteiger partial charge is 0.228 e. The van der Waals surface area contributed by atoms with Gasteiger partial charge in [-0.25, -0.2) is 8.42 Å². The van der Waals surface area contributed by atoms with Crippen molar-refractivity contribution in [2.75, 3.05) is 6.26 Å². The van der Waals surface area contributed by atoms with Crippen LogP contribution in [0.2, 0.25) is 0 Å². The van der Waals surface area contributed by atoms with Crippen LogP contribution in [0.5, 0.6) is 0 Å². The second-order valence-corrected chi connectivity index (χ2v) is 7.42. The van der Waals surface area contributed by atoms with Gasteiger partial charge in [0, 0.05) is 6.26 Å². The van der Waals surface area contributed by atoms with E-state index in [0.717, 1.165) is 22.3 Å². The van der Waals surface area contributed by atoms with Crippen molar-refractivity contribution in [3.05, 3.63) is 71.3 Å². The molecule has 1 aliphatic carbocycles. The monoisotopic (exact) mass is 284 g/mol. The minimum atomic E-state index is -3.11. The Morgan fingerprint density at radius 2 is 1.65 bits per heavy atom. The van der Waals surface area contributed by atoms with Crippen LogP contribution in [-0.2, 0) is 16.3 Å². The molecule has 0 N–H and O–H groups in total. The van der Waals surface area contributed by atoms with Crippen LogP contribution in [0, 0.1) is 0 Å². The number of hydrogen-bond acceptors (Lipinski definition) is 2. The first-order valence-corrected chi connectivity index (χ1v) is 8.55. The zero-order valence-corrected chi connectivity index (χ0v) is 12.1. The summed E-state index contributed by atoms with van der Waals surface area (Å²) in [5.41, 5.74) is 4.12. The predicted octanol–water partition coefficient (Wildman–Crippen LogP) is 3.20.